The van der Waals surface area contributed by atoms with Crippen LogP contribution in [0, 0.1) is 5.92 Å². The van der Waals surface area contributed by atoms with Crippen LogP contribution >= 0.6 is 0 Å². The van der Waals surface area contributed by atoms with Gasteiger partial charge in [-0.3, -0.25) is 0 Å². The zero-order valence-corrected chi connectivity index (χ0v) is 11.4. The first-order chi connectivity index (χ1) is 9.25. The molecule has 0 bridgehead atoms. The lowest BCUT2D eigenvalue weighted by Crippen LogP contribution is -2.42. The van der Waals surface area contributed by atoms with Crippen molar-refractivity contribution in [1.29, 1.82) is 0 Å². The molecular weight excluding hydrogens is 240 g/mol. The van der Waals surface area contributed by atoms with E-state index in [1.54, 1.807) is 0 Å². The van der Waals surface area contributed by atoms with Gasteiger partial charge in [-0.15, -0.1) is 0 Å². The highest BCUT2D eigenvalue weighted by Crippen LogP contribution is 2.16. The minimum Gasteiger partial charge on any atom is -0.445 e. The first-order valence-corrected chi connectivity index (χ1v) is 6.93. The number of alkyl carbamates (subject to hydrolysis) is 1. The predicted molar refractivity (Wildman–Crippen MR) is 74.8 cm³/mol. The van der Waals surface area contributed by atoms with E-state index in [2.05, 4.69) is 17.6 Å². The molecule has 104 valence electrons. The SMILES string of the molecule is CC(NC(=O)OCc1ccccc1)C1CCNCC1. The lowest BCUT2D eigenvalue weighted by atomic mass is 9.91. The molecule has 1 aliphatic heterocycles. The van der Waals surface area contributed by atoms with Crippen molar-refractivity contribution >= 4 is 6.09 Å². The zero-order valence-electron chi connectivity index (χ0n) is 11.4. The topological polar surface area (TPSA) is 50.4 Å². The molecule has 1 aliphatic rings. The average Bonchev–Trinajstić information content (AvgIpc) is 2.47. The summed E-state index contributed by atoms with van der Waals surface area (Å²) in [7, 11) is 0. The van der Waals surface area contributed by atoms with Gasteiger partial charge in [-0.25, -0.2) is 4.79 Å². The molecule has 19 heavy (non-hydrogen) atoms. The van der Waals surface area contributed by atoms with E-state index in [1.807, 2.05) is 30.3 Å². The third-order valence-corrected chi connectivity index (χ3v) is 3.65. The van der Waals surface area contributed by atoms with Gasteiger partial charge < -0.3 is 15.4 Å². The molecule has 0 saturated carbocycles. The maximum Gasteiger partial charge on any atom is 0.407 e. The smallest absolute Gasteiger partial charge is 0.407 e. The number of benzene rings is 1. The molecule has 1 amide bonds. The van der Waals surface area contributed by atoms with E-state index in [1.165, 1.54) is 0 Å². The molecule has 1 aromatic rings. The number of rotatable bonds is 4. The molecule has 4 nitrogen and oxygen atoms in total. The summed E-state index contributed by atoms with van der Waals surface area (Å²) in [4.78, 5) is 11.7. The third kappa shape index (κ3) is 4.56. The zero-order chi connectivity index (χ0) is 13.5. The van der Waals surface area contributed by atoms with Crippen molar-refractivity contribution in [3.8, 4) is 0 Å². The maximum atomic E-state index is 11.7. The van der Waals surface area contributed by atoms with Gasteiger partial charge in [0.25, 0.3) is 0 Å². The van der Waals surface area contributed by atoms with Crippen molar-refractivity contribution in [1.82, 2.24) is 10.6 Å². The normalized spacial score (nSPS) is 17.7. The van der Waals surface area contributed by atoms with Gasteiger partial charge in [-0.1, -0.05) is 30.3 Å². The minimum atomic E-state index is -0.324. The molecule has 0 spiro atoms. The Labute approximate surface area is 114 Å². The largest absolute Gasteiger partial charge is 0.445 e. The number of nitrogens with one attached hydrogen (secondary N) is 2. The molecule has 2 N–H and O–H groups in total. The van der Waals surface area contributed by atoms with Crippen molar-refractivity contribution in [3.63, 3.8) is 0 Å². The van der Waals surface area contributed by atoms with Gasteiger partial charge in [0.2, 0.25) is 0 Å². The number of ether oxygens (including phenoxy) is 1. The first-order valence-electron chi connectivity index (χ1n) is 6.93. The van der Waals surface area contributed by atoms with Gasteiger partial charge in [-0.05, 0) is 44.3 Å². The molecule has 1 atom stereocenters. The number of carbonyl (C=O) groups excluding carboxylic acids is 1. The van der Waals surface area contributed by atoms with Gasteiger partial charge in [-0.2, -0.15) is 0 Å². The van der Waals surface area contributed by atoms with E-state index in [-0.39, 0.29) is 12.1 Å². The molecule has 0 aliphatic carbocycles. The highest BCUT2D eigenvalue weighted by molar-refractivity contribution is 5.67. The van der Waals surface area contributed by atoms with Crippen LogP contribution in [0.2, 0.25) is 0 Å². The van der Waals surface area contributed by atoms with Crippen molar-refractivity contribution < 1.29 is 9.53 Å². The van der Waals surface area contributed by atoms with Crippen molar-refractivity contribution in [2.75, 3.05) is 13.1 Å². The van der Waals surface area contributed by atoms with Crippen LogP contribution in [0.15, 0.2) is 30.3 Å². The second kappa shape index (κ2) is 7.14. The van der Waals surface area contributed by atoms with Crippen LogP contribution in [-0.4, -0.2) is 25.2 Å². The summed E-state index contributed by atoms with van der Waals surface area (Å²) in [6.45, 7) is 4.46. The van der Waals surface area contributed by atoms with Gasteiger partial charge in [0.15, 0.2) is 0 Å². The van der Waals surface area contributed by atoms with Crippen LogP contribution < -0.4 is 10.6 Å². The fourth-order valence-electron chi connectivity index (χ4n) is 2.41. The van der Waals surface area contributed by atoms with Crippen molar-refractivity contribution in [2.45, 2.75) is 32.4 Å². The summed E-state index contributed by atoms with van der Waals surface area (Å²) in [6, 6.07) is 9.89. The standard InChI is InChI=1S/C15H22N2O2/c1-12(14-7-9-16-10-8-14)17-15(18)19-11-13-5-3-2-4-6-13/h2-6,12,14,16H,7-11H2,1H3,(H,17,18). The van der Waals surface area contributed by atoms with Crippen LogP contribution in [0.3, 0.4) is 0 Å². The van der Waals surface area contributed by atoms with Crippen LogP contribution in [0.4, 0.5) is 4.79 Å². The summed E-state index contributed by atoms with van der Waals surface area (Å²) in [6.07, 6.45) is 1.90. The lowest BCUT2D eigenvalue weighted by Gasteiger charge is -2.28. The molecule has 1 heterocycles. The van der Waals surface area contributed by atoms with Crippen LogP contribution in [-0.2, 0) is 11.3 Å². The third-order valence-electron chi connectivity index (χ3n) is 3.65. The lowest BCUT2D eigenvalue weighted by molar-refractivity contribution is 0.131. The molecule has 0 aromatic heterocycles. The first kappa shape index (κ1) is 13.9. The minimum absolute atomic E-state index is 0.172. The number of hydrogen-bond acceptors (Lipinski definition) is 3. The Morgan fingerprint density at radius 2 is 2.05 bits per heavy atom. The number of hydrogen-bond donors (Lipinski definition) is 2. The Bertz CT molecular complexity index is 388. The monoisotopic (exact) mass is 262 g/mol. The van der Waals surface area contributed by atoms with Crippen LogP contribution in [0.25, 0.3) is 0 Å². The van der Waals surface area contributed by atoms with E-state index in [4.69, 9.17) is 4.74 Å². The predicted octanol–water partition coefficient (Wildman–Crippen LogP) is 2.30. The molecule has 1 fully saturated rings. The Kier molecular flexibility index (Phi) is 5.21. The van der Waals surface area contributed by atoms with Gasteiger partial charge in [0.1, 0.15) is 6.61 Å². The molecular formula is C15H22N2O2. The maximum absolute atomic E-state index is 11.7. The van der Waals surface area contributed by atoms with E-state index in [9.17, 15) is 4.79 Å². The van der Waals surface area contributed by atoms with E-state index < -0.39 is 0 Å². The number of carbonyl (C=O) groups is 1. The van der Waals surface area contributed by atoms with Crippen molar-refractivity contribution in [3.05, 3.63) is 35.9 Å². The molecule has 4 heteroatoms. The summed E-state index contributed by atoms with van der Waals surface area (Å²) < 4.78 is 5.22. The van der Waals surface area contributed by atoms with Gasteiger partial charge >= 0.3 is 6.09 Å². The summed E-state index contributed by atoms with van der Waals surface area (Å²) >= 11 is 0. The second-order valence-electron chi connectivity index (χ2n) is 5.08. The molecule has 1 unspecified atom stereocenters. The summed E-state index contributed by atoms with van der Waals surface area (Å²) in [5.74, 6) is 0.547. The molecule has 2 rings (SSSR count). The van der Waals surface area contributed by atoms with Gasteiger partial charge in [0, 0.05) is 6.04 Å². The highest BCUT2D eigenvalue weighted by atomic mass is 16.5. The second-order valence-corrected chi connectivity index (χ2v) is 5.08. The van der Waals surface area contributed by atoms with Crippen molar-refractivity contribution in [2.24, 2.45) is 5.92 Å². The average molecular weight is 262 g/mol. The Morgan fingerprint density at radius 1 is 1.37 bits per heavy atom. The summed E-state index contributed by atoms with van der Waals surface area (Å²) in [5, 5.41) is 6.26. The van der Waals surface area contributed by atoms with Gasteiger partial charge in [0.05, 0.1) is 0 Å². The number of piperidine rings is 1. The molecule has 1 saturated heterocycles. The highest BCUT2D eigenvalue weighted by Gasteiger charge is 2.21. The van der Waals surface area contributed by atoms with Crippen LogP contribution in [0.5, 0.6) is 0 Å². The Morgan fingerprint density at radius 3 is 2.74 bits per heavy atom. The van der Waals surface area contributed by atoms with Crippen LogP contribution in [0.1, 0.15) is 25.3 Å². The Hall–Kier alpha value is -1.55. The summed E-state index contributed by atoms with van der Waals surface area (Å²) in [5.41, 5.74) is 1.01. The molecule has 0 radical (unpaired) electrons. The fraction of sp³-hybridized carbons (Fsp3) is 0.533. The number of amides is 1. The fourth-order valence-corrected chi connectivity index (χ4v) is 2.41. The van der Waals surface area contributed by atoms with E-state index in [0.29, 0.717) is 12.5 Å². The van der Waals surface area contributed by atoms with E-state index >= 15 is 0 Å². The molecule has 1 aromatic carbocycles. The Balaban J connectivity index is 1.71. The van der Waals surface area contributed by atoms with E-state index in [0.717, 1.165) is 31.5 Å². The quantitative estimate of drug-likeness (QED) is 0.875.